The number of hydrogen-bond acceptors (Lipinski definition) is 2. The molecule has 2 aromatic carbocycles. The zero-order valence-electron chi connectivity index (χ0n) is 11.2. The first-order chi connectivity index (χ1) is 10.1. The fraction of sp³-hybridized carbons (Fsp3) is 0.188. The van der Waals surface area contributed by atoms with Crippen LogP contribution in [0.15, 0.2) is 40.9 Å². The molecule has 21 heavy (non-hydrogen) atoms. The second-order valence-electron chi connectivity index (χ2n) is 5.04. The number of halogens is 2. The summed E-state index contributed by atoms with van der Waals surface area (Å²) in [5.74, 6) is -0.461. The van der Waals surface area contributed by atoms with Crippen LogP contribution >= 0.6 is 15.9 Å². The fourth-order valence-electron chi connectivity index (χ4n) is 2.60. The maximum Gasteiger partial charge on any atom is 0.251 e. The van der Waals surface area contributed by atoms with Gasteiger partial charge in [0, 0.05) is 22.1 Å². The molecule has 0 bridgehead atoms. The van der Waals surface area contributed by atoms with Gasteiger partial charge in [-0.2, -0.15) is 0 Å². The zero-order chi connectivity index (χ0) is 15.0. The molecule has 0 saturated carbocycles. The lowest BCUT2D eigenvalue weighted by Gasteiger charge is -2.20. The van der Waals surface area contributed by atoms with E-state index in [1.54, 1.807) is 18.2 Å². The Hall–Kier alpha value is -1.72. The van der Waals surface area contributed by atoms with Crippen molar-refractivity contribution in [1.82, 2.24) is 5.32 Å². The van der Waals surface area contributed by atoms with E-state index >= 15 is 0 Å². The minimum absolute atomic E-state index is 0.0992. The average molecular weight is 349 g/mol. The van der Waals surface area contributed by atoms with E-state index in [2.05, 4.69) is 21.2 Å². The Morgan fingerprint density at radius 3 is 2.86 bits per heavy atom. The SMILES string of the molecule is NC(c1ccc2c(c1)C(=O)NCC2)c1c(F)cccc1Br. The number of amides is 1. The van der Waals surface area contributed by atoms with E-state index in [9.17, 15) is 9.18 Å². The molecule has 3 nitrogen and oxygen atoms in total. The summed E-state index contributed by atoms with van der Waals surface area (Å²) in [4.78, 5) is 11.9. The van der Waals surface area contributed by atoms with Gasteiger partial charge in [0.15, 0.2) is 0 Å². The maximum absolute atomic E-state index is 14.0. The van der Waals surface area contributed by atoms with Gasteiger partial charge in [0.25, 0.3) is 5.91 Å². The summed E-state index contributed by atoms with van der Waals surface area (Å²) < 4.78 is 14.6. The highest BCUT2D eigenvalue weighted by atomic mass is 79.9. The second kappa shape index (κ2) is 5.58. The van der Waals surface area contributed by atoms with Crippen molar-refractivity contribution in [2.75, 3.05) is 6.54 Å². The number of nitrogens with one attached hydrogen (secondary N) is 1. The first-order valence-electron chi connectivity index (χ1n) is 6.68. The fourth-order valence-corrected chi connectivity index (χ4v) is 3.19. The summed E-state index contributed by atoms with van der Waals surface area (Å²) in [7, 11) is 0. The lowest BCUT2D eigenvalue weighted by atomic mass is 9.92. The van der Waals surface area contributed by atoms with Crippen LogP contribution in [0.2, 0.25) is 0 Å². The van der Waals surface area contributed by atoms with Crippen molar-refractivity contribution in [3.8, 4) is 0 Å². The lowest BCUT2D eigenvalue weighted by Crippen LogP contribution is -2.32. The van der Waals surface area contributed by atoms with Gasteiger partial charge in [-0.15, -0.1) is 0 Å². The molecule has 0 radical (unpaired) electrons. The molecule has 1 heterocycles. The van der Waals surface area contributed by atoms with E-state index in [0.29, 0.717) is 22.1 Å². The van der Waals surface area contributed by atoms with E-state index in [4.69, 9.17) is 5.73 Å². The van der Waals surface area contributed by atoms with Crippen molar-refractivity contribution in [3.63, 3.8) is 0 Å². The van der Waals surface area contributed by atoms with E-state index < -0.39 is 6.04 Å². The van der Waals surface area contributed by atoms with Crippen LogP contribution in [0.4, 0.5) is 4.39 Å². The van der Waals surface area contributed by atoms with Crippen LogP contribution in [0.1, 0.15) is 33.1 Å². The Balaban J connectivity index is 2.05. The Bertz CT molecular complexity index is 697. The van der Waals surface area contributed by atoms with Gasteiger partial charge in [0.1, 0.15) is 5.82 Å². The topological polar surface area (TPSA) is 55.1 Å². The van der Waals surface area contributed by atoms with Crippen LogP contribution < -0.4 is 11.1 Å². The van der Waals surface area contributed by atoms with Crippen molar-refractivity contribution in [2.24, 2.45) is 5.73 Å². The number of carbonyl (C=O) groups excluding carboxylic acids is 1. The predicted molar refractivity (Wildman–Crippen MR) is 82.6 cm³/mol. The van der Waals surface area contributed by atoms with Crippen LogP contribution in [-0.4, -0.2) is 12.5 Å². The standard InChI is InChI=1S/C16H14BrFN2O/c17-12-2-1-3-13(18)14(12)15(19)10-5-4-9-6-7-20-16(21)11(9)8-10/h1-5,8,15H,6-7,19H2,(H,20,21). The number of rotatable bonds is 2. The molecule has 1 atom stereocenters. The van der Waals surface area contributed by atoms with Crippen molar-refractivity contribution < 1.29 is 9.18 Å². The molecule has 1 unspecified atom stereocenters. The number of hydrogen-bond donors (Lipinski definition) is 2. The quantitative estimate of drug-likeness (QED) is 0.876. The largest absolute Gasteiger partial charge is 0.352 e. The third-order valence-electron chi connectivity index (χ3n) is 3.73. The van der Waals surface area contributed by atoms with E-state index in [1.165, 1.54) is 6.07 Å². The first-order valence-corrected chi connectivity index (χ1v) is 7.47. The molecule has 0 aromatic heterocycles. The van der Waals surface area contributed by atoms with Crippen LogP contribution in [-0.2, 0) is 6.42 Å². The molecule has 1 aliphatic heterocycles. The summed E-state index contributed by atoms with van der Waals surface area (Å²) in [5, 5.41) is 2.80. The molecule has 3 rings (SSSR count). The van der Waals surface area contributed by atoms with Gasteiger partial charge in [-0.25, -0.2) is 4.39 Å². The summed E-state index contributed by atoms with van der Waals surface area (Å²) >= 11 is 3.33. The van der Waals surface area contributed by atoms with Gasteiger partial charge in [0.05, 0.1) is 6.04 Å². The Morgan fingerprint density at radius 1 is 1.29 bits per heavy atom. The monoisotopic (exact) mass is 348 g/mol. The molecule has 2 aromatic rings. The molecule has 3 N–H and O–H groups in total. The highest BCUT2D eigenvalue weighted by Crippen LogP contribution is 2.30. The highest BCUT2D eigenvalue weighted by Gasteiger charge is 2.21. The van der Waals surface area contributed by atoms with Crippen molar-refractivity contribution in [3.05, 3.63) is 68.9 Å². The highest BCUT2D eigenvalue weighted by molar-refractivity contribution is 9.10. The molecule has 5 heteroatoms. The van der Waals surface area contributed by atoms with Gasteiger partial charge in [0.2, 0.25) is 0 Å². The third kappa shape index (κ3) is 2.59. The van der Waals surface area contributed by atoms with Crippen molar-refractivity contribution in [2.45, 2.75) is 12.5 Å². The minimum Gasteiger partial charge on any atom is -0.352 e. The summed E-state index contributed by atoms with van der Waals surface area (Å²) in [5.41, 5.74) is 8.94. The Morgan fingerprint density at radius 2 is 2.10 bits per heavy atom. The van der Waals surface area contributed by atoms with E-state index in [0.717, 1.165) is 17.5 Å². The summed E-state index contributed by atoms with van der Waals surface area (Å²) in [6.45, 7) is 0.649. The third-order valence-corrected chi connectivity index (χ3v) is 4.42. The van der Waals surface area contributed by atoms with Crippen LogP contribution in [0.3, 0.4) is 0 Å². The van der Waals surface area contributed by atoms with Gasteiger partial charge < -0.3 is 11.1 Å². The van der Waals surface area contributed by atoms with E-state index in [1.807, 2.05) is 12.1 Å². The van der Waals surface area contributed by atoms with Gasteiger partial charge in [-0.05, 0) is 35.7 Å². The predicted octanol–water partition coefficient (Wildman–Crippen LogP) is 2.92. The minimum atomic E-state index is -0.624. The molecular formula is C16H14BrFN2O. The van der Waals surface area contributed by atoms with Crippen molar-refractivity contribution in [1.29, 1.82) is 0 Å². The number of carbonyl (C=O) groups is 1. The van der Waals surface area contributed by atoms with E-state index in [-0.39, 0.29) is 11.7 Å². The summed E-state index contributed by atoms with van der Waals surface area (Å²) in [6.07, 6.45) is 0.806. The normalized spacial score (nSPS) is 15.3. The molecule has 1 amide bonds. The Labute approximate surface area is 130 Å². The van der Waals surface area contributed by atoms with Crippen LogP contribution in [0.5, 0.6) is 0 Å². The lowest BCUT2D eigenvalue weighted by molar-refractivity contribution is 0.0946. The van der Waals surface area contributed by atoms with Crippen molar-refractivity contribution >= 4 is 21.8 Å². The molecule has 0 aliphatic carbocycles. The summed E-state index contributed by atoms with van der Waals surface area (Å²) in [6, 6.07) is 9.65. The molecular weight excluding hydrogens is 335 g/mol. The second-order valence-corrected chi connectivity index (χ2v) is 5.89. The van der Waals surface area contributed by atoms with Gasteiger partial charge >= 0.3 is 0 Å². The molecule has 0 fully saturated rings. The van der Waals surface area contributed by atoms with Crippen LogP contribution in [0.25, 0.3) is 0 Å². The zero-order valence-corrected chi connectivity index (χ0v) is 12.8. The smallest absolute Gasteiger partial charge is 0.251 e. The Kier molecular flexibility index (Phi) is 3.78. The first kappa shape index (κ1) is 14.2. The number of nitrogens with two attached hydrogens (primary N) is 1. The average Bonchev–Trinajstić information content (AvgIpc) is 2.47. The van der Waals surface area contributed by atoms with Crippen LogP contribution in [0, 0.1) is 5.82 Å². The maximum atomic E-state index is 14.0. The number of benzene rings is 2. The molecule has 1 aliphatic rings. The molecule has 108 valence electrons. The number of fused-ring (bicyclic) bond motifs is 1. The molecule has 0 saturated heterocycles. The van der Waals surface area contributed by atoms with Gasteiger partial charge in [-0.1, -0.05) is 34.1 Å². The van der Waals surface area contributed by atoms with Gasteiger partial charge in [-0.3, -0.25) is 4.79 Å². The molecule has 0 spiro atoms.